The van der Waals surface area contributed by atoms with Crippen molar-refractivity contribution in [3.8, 4) is 33.8 Å². The van der Waals surface area contributed by atoms with Gasteiger partial charge >= 0.3 is 30.3 Å². The predicted octanol–water partition coefficient (Wildman–Crippen LogP) is 8.43. The minimum Gasteiger partial charge on any atom is -0.477 e. The van der Waals surface area contributed by atoms with Crippen LogP contribution in [-0.2, 0) is 44.6 Å². The van der Waals surface area contributed by atoms with Crippen molar-refractivity contribution < 1.29 is 85.8 Å². The van der Waals surface area contributed by atoms with Gasteiger partial charge in [-0.15, -0.1) is 0 Å². The van der Waals surface area contributed by atoms with Gasteiger partial charge in [0.1, 0.15) is 58.6 Å². The van der Waals surface area contributed by atoms with Gasteiger partial charge in [0.05, 0.1) is 6.04 Å². The molecule has 22 nitrogen and oxygen atoms in total. The Kier molecular flexibility index (Phi) is 22.2. The molecule has 0 aliphatic carbocycles. The van der Waals surface area contributed by atoms with Gasteiger partial charge in [-0.3, -0.25) is 24.0 Å². The molecule has 4 aromatic rings. The number of halogens is 3. The second-order valence-corrected chi connectivity index (χ2v) is 23.7. The zero-order chi connectivity index (χ0) is 63.5. The van der Waals surface area contributed by atoms with Gasteiger partial charge in [0, 0.05) is 41.7 Å². The predicted molar refractivity (Wildman–Crippen MR) is 307 cm³/mol. The molecule has 0 aromatic heterocycles. The quantitative estimate of drug-likeness (QED) is 0.0226. The standard InChI is InChI=1S/C60H73ClF2N6O16/c1-32(47(70)60(62,63)53(76)77)65-50(73)43-30-34-16-26-44(81-55(79)84-58(6,7)8)40(29-34)41-31-38(23-27-45(41)82-56(80)85-59(9,10)11)46(51(74)66-33(2)48(71)68-43)69(12)52(75)42(15-13-14-28-64-54(78)83-57(3,4)5)67-49(72)37-19-17-35(18-20-37)36-21-24-39(61)25-22-36/h16-27,29,31-33,42-43,46-47,70H,13-15,28,30H2,1-12H3,(H,64,78)(H,65,73)(H,66,74)(H,67,72)(H,68,71)(H,76,77)/t32-,33-,42-,43-,46-,47?/m0/s1. The Morgan fingerprint density at radius 2 is 1.25 bits per heavy atom. The minimum absolute atomic E-state index is 0.00874. The van der Waals surface area contributed by atoms with Gasteiger partial charge in [0.15, 0.2) is 0 Å². The van der Waals surface area contributed by atoms with Gasteiger partial charge in [-0.2, -0.15) is 8.78 Å². The number of amides is 6. The molecule has 7 N–H and O–H groups in total. The van der Waals surface area contributed by atoms with E-state index in [1.807, 2.05) is 0 Å². The molecule has 0 radical (unpaired) electrons. The fraction of sp³-hybridized carbons (Fsp3) is 0.450. The van der Waals surface area contributed by atoms with E-state index in [0.29, 0.717) is 5.02 Å². The number of nitrogens with zero attached hydrogens (tertiary/aromatic N) is 1. The molecule has 1 aliphatic rings. The number of aliphatic carboxylic acids is 1. The molecule has 0 spiro atoms. The Balaban J connectivity index is 1.67. The number of hydrogen-bond donors (Lipinski definition) is 7. The number of alkyl halides is 2. The van der Waals surface area contributed by atoms with Crippen molar-refractivity contribution in [3.63, 3.8) is 0 Å². The maximum Gasteiger partial charge on any atom is 0.514 e. The van der Waals surface area contributed by atoms with Crippen LogP contribution in [0.4, 0.5) is 23.2 Å². The van der Waals surface area contributed by atoms with Crippen LogP contribution in [-0.4, -0.2) is 136 Å². The van der Waals surface area contributed by atoms with Gasteiger partial charge in [0.2, 0.25) is 23.6 Å². The van der Waals surface area contributed by atoms with Gasteiger partial charge in [-0.25, -0.2) is 19.2 Å². The van der Waals surface area contributed by atoms with E-state index in [1.165, 1.54) is 50.4 Å². The molecular formula is C60H73ClF2N6O16. The second kappa shape index (κ2) is 28.0. The SMILES string of the molecule is C[C@@H]1NC(=O)[C@@H](N(C)C(=O)[C@H](CCCCNC(=O)OC(C)(C)C)NC(=O)c2ccc(-c3ccc(Cl)cc3)cc2)c2ccc(OC(=O)OC(C)(C)C)c(c2)-c2cc(ccc2OC(=O)OC(C)(C)C)C[C@@H](C(=O)N[C@@H](C)C(O)C(F)(F)C(=O)O)NC1=O. The van der Waals surface area contributed by atoms with Crippen LogP contribution in [0.5, 0.6) is 11.5 Å². The number of rotatable bonds is 17. The van der Waals surface area contributed by atoms with E-state index in [4.69, 9.17) is 40.4 Å². The highest BCUT2D eigenvalue weighted by molar-refractivity contribution is 6.30. The lowest BCUT2D eigenvalue weighted by molar-refractivity contribution is -0.185. The van der Waals surface area contributed by atoms with Crippen molar-refractivity contribution in [1.82, 2.24) is 31.5 Å². The first-order valence-corrected chi connectivity index (χ1v) is 27.5. The third-order valence-electron chi connectivity index (χ3n) is 12.6. The molecule has 4 bridgehead atoms. The van der Waals surface area contributed by atoms with Crippen LogP contribution in [0.15, 0.2) is 84.9 Å². The third kappa shape index (κ3) is 19.6. The lowest BCUT2D eigenvalue weighted by Gasteiger charge is -2.33. The number of ether oxygens (including phenoxy) is 5. The minimum atomic E-state index is -4.73. The number of nitrogens with one attached hydrogen (secondary N) is 5. The summed E-state index contributed by atoms with van der Waals surface area (Å²) >= 11 is 6.10. The van der Waals surface area contributed by atoms with Gasteiger partial charge in [-0.1, -0.05) is 48.0 Å². The van der Waals surface area contributed by atoms with E-state index in [2.05, 4.69) is 26.6 Å². The number of carbonyl (C=O) groups is 9. The Hall–Kier alpha value is -8.38. The van der Waals surface area contributed by atoms with E-state index < -0.39 is 119 Å². The fourth-order valence-electron chi connectivity index (χ4n) is 8.54. The molecule has 460 valence electrons. The summed E-state index contributed by atoms with van der Waals surface area (Å²) in [5.41, 5.74) is -1.27. The number of aliphatic hydroxyl groups excluding tert-OH is 1. The zero-order valence-corrected chi connectivity index (χ0v) is 50.0. The van der Waals surface area contributed by atoms with E-state index in [0.717, 1.165) is 23.0 Å². The summed E-state index contributed by atoms with van der Waals surface area (Å²) in [5.74, 6) is -12.7. The largest absolute Gasteiger partial charge is 0.514 e. The Bertz CT molecular complexity index is 3120. The number of alkyl carbamates (subject to hydrolysis) is 1. The topological polar surface area (TPSA) is 304 Å². The maximum absolute atomic E-state index is 15.2. The molecule has 85 heavy (non-hydrogen) atoms. The number of benzene rings is 4. The molecule has 4 aromatic carbocycles. The molecule has 1 heterocycles. The Morgan fingerprint density at radius 1 is 0.718 bits per heavy atom. The monoisotopic (exact) mass is 1210 g/mol. The zero-order valence-electron chi connectivity index (χ0n) is 49.3. The first kappa shape index (κ1) is 67.4. The van der Waals surface area contributed by atoms with Crippen LogP contribution in [0.2, 0.25) is 5.02 Å². The van der Waals surface area contributed by atoms with Crippen LogP contribution in [0.1, 0.15) is 123 Å². The molecule has 6 amide bonds. The van der Waals surface area contributed by atoms with Crippen molar-refractivity contribution >= 4 is 65.5 Å². The maximum atomic E-state index is 15.2. The summed E-state index contributed by atoms with van der Waals surface area (Å²) < 4.78 is 56.9. The summed E-state index contributed by atoms with van der Waals surface area (Å²) in [5, 5.41) is 32.6. The van der Waals surface area contributed by atoms with Gasteiger partial charge in [-0.05, 0) is 166 Å². The molecule has 1 unspecified atom stereocenters. The highest BCUT2D eigenvalue weighted by Gasteiger charge is 2.50. The van der Waals surface area contributed by atoms with Crippen LogP contribution in [0.25, 0.3) is 22.3 Å². The van der Waals surface area contributed by atoms with Crippen molar-refractivity contribution in [3.05, 3.63) is 107 Å². The fourth-order valence-corrected chi connectivity index (χ4v) is 8.67. The van der Waals surface area contributed by atoms with Crippen LogP contribution in [0, 0.1) is 0 Å². The van der Waals surface area contributed by atoms with Crippen molar-refractivity contribution in [2.75, 3.05) is 13.6 Å². The Labute approximate surface area is 495 Å². The van der Waals surface area contributed by atoms with E-state index in [9.17, 15) is 47.4 Å². The Morgan fingerprint density at radius 3 is 1.79 bits per heavy atom. The number of carboxylic acid groups (broad SMARTS) is 1. The number of hydrogen-bond acceptors (Lipinski definition) is 15. The first-order chi connectivity index (χ1) is 39.4. The summed E-state index contributed by atoms with van der Waals surface area (Å²) in [6, 6.07) is 13.1. The van der Waals surface area contributed by atoms with E-state index in [1.54, 1.807) is 111 Å². The molecule has 0 fully saturated rings. The van der Waals surface area contributed by atoms with Crippen LogP contribution < -0.4 is 36.1 Å². The second-order valence-electron chi connectivity index (χ2n) is 23.3. The van der Waals surface area contributed by atoms with Crippen molar-refractivity contribution in [1.29, 1.82) is 0 Å². The molecule has 6 atom stereocenters. The number of likely N-dealkylation sites (N-methyl/N-ethyl adjacent to an activating group) is 1. The summed E-state index contributed by atoms with van der Waals surface area (Å²) in [6.07, 6.45) is -6.09. The lowest BCUT2D eigenvalue weighted by atomic mass is 9.93. The first-order valence-electron chi connectivity index (χ1n) is 27.1. The number of aliphatic hydroxyl groups is 1. The van der Waals surface area contributed by atoms with Gasteiger partial charge < -0.3 is 65.4 Å². The number of fused-ring (bicyclic) bond motifs is 5. The molecule has 1 aliphatic heterocycles. The molecule has 25 heteroatoms. The highest BCUT2D eigenvalue weighted by atomic mass is 35.5. The lowest BCUT2D eigenvalue weighted by Crippen LogP contribution is -2.59. The number of carboxylic acids is 1. The van der Waals surface area contributed by atoms with E-state index >= 15 is 9.59 Å². The van der Waals surface area contributed by atoms with Gasteiger partial charge in [0.25, 0.3) is 5.91 Å². The smallest absolute Gasteiger partial charge is 0.477 e. The summed E-state index contributed by atoms with van der Waals surface area (Å²) in [7, 11) is 1.26. The molecule has 0 saturated heterocycles. The number of unbranched alkanes of at least 4 members (excludes halogenated alkanes) is 1. The van der Waals surface area contributed by atoms with Crippen molar-refractivity contribution in [2.24, 2.45) is 0 Å². The molecular weight excluding hydrogens is 1130 g/mol. The normalized spacial score (nSPS) is 16.7. The molecule has 0 saturated carbocycles. The third-order valence-corrected chi connectivity index (χ3v) is 12.9. The van der Waals surface area contributed by atoms with E-state index in [-0.39, 0.29) is 65.1 Å². The highest BCUT2D eigenvalue weighted by Crippen LogP contribution is 2.41. The summed E-state index contributed by atoms with van der Waals surface area (Å²) in [4.78, 5) is 125. The number of carbonyl (C=O) groups excluding carboxylic acids is 8. The van der Waals surface area contributed by atoms with Crippen molar-refractivity contribution in [2.45, 2.75) is 161 Å². The summed E-state index contributed by atoms with van der Waals surface area (Å²) in [6.45, 7) is 16.8. The van der Waals surface area contributed by atoms with Crippen LogP contribution >= 0.6 is 11.6 Å². The average Bonchev–Trinajstić information content (AvgIpc) is 1.62. The average molecular weight is 1210 g/mol. The van der Waals surface area contributed by atoms with Crippen LogP contribution in [0.3, 0.4) is 0 Å². The molecule has 5 rings (SSSR count).